The number of hydrogen-bond acceptors (Lipinski definition) is 3. The van der Waals surface area contributed by atoms with Crippen molar-refractivity contribution in [3.05, 3.63) is 29.8 Å². The minimum absolute atomic E-state index is 0.0392. The maximum Gasteiger partial charge on any atom is 0.405 e. The predicted molar refractivity (Wildman–Crippen MR) is 78.5 cm³/mol. The van der Waals surface area contributed by atoms with E-state index in [1.54, 1.807) is 12.1 Å². The summed E-state index contributed by atoms with van der Waals surface area (Å²) in [4.78, 5) is 1.13. The second-order valence-electron chi connectivity index (χ2n) is 5.03. The van der Waals surface area contributed by atoms with Gasteiger partial charge in [-0.2, -0.15) is 13.2 Å². The zero-order valence-electron chi connectivity index (χ0n) is 12.5. The molecule has 1 aromatic rings. The Bertz CT molecular complexity index is 406. The molecule has 3 nitrogen and oxygen atoms in total. The number of anilines is 1. The van der Waals surface area contributed by atoms with Crippen LogP contribution in [0.3, 0.4) is 0 Å². The highest BCUT2D eigenvalue weighted by atomic mass is 19.4. The van der Waals surface area contributed by atoms with Gasteiger partial charge in [-0.1, -0.05) is 19.1 Å². The molecule has 0 amide bonds. The SMILES string of the molecule is CCCNC(C)c1ccc(N(CCO)CC(F)(F)F)cc1. The highest BCUT2D eigenvalue weighted by molar-refractivity contribution is 5.48. The largest absolute Gasteiger partial charge is 0.405 e. The second kappa shape index (κ2) is 8.24. The Morgan fingerprint density at radius 1 is 1.24 bits per heavy atom. The van der Waals surface area contributed by atoms with Crippen molar-refractivity contribution in [2.24, 2.45) is 0 Å². The first-order valence-electron chi connectivity index (χ1n) is 7.13. The zero-order chi connectivity index (χ0) is 15.9. The summed E-state index contributed by atoms with van der Waals surface area (Å²) in [5.41, 5.74) is 1.50. The van der Waals surface area contributed by atoms with E-state index in [0.29, 0.717) is 5.69 Å². The number of aliphatic hydroxyl groups is 1. The summed E-state index contributed by atoms with van der Waals surface area (Å²) < 4.78 is 37.6. The minimum Gasteiger partial charge on any atom is -0.395 e. The third kappa shape index (κ3) is 6.35. The number of rotatable bonds is 8. The molecule has 0 saturated carbocycles. The summed E-state index contributed by atoms with van der Waals surface area (Å²) in [5, 5.41) is 12.2. The van der Waals surface area contributed by atoms with Crippen LogP contribution < -0.4 is 10.2 Å². The van der Waals surface area contributed by atoms with Gasteiger partial charge in [0.15, 0.2) is 0 Å². The lowest BCUT2D eigenvalue weighted by atomic mass is 10.1. The second-order valence-corrected chi connectivity index (χ2v) is 5.03. The van der Waals surface area contributed by atoms with Crippen LogP contribution in [0.4, 0.5) is 18.9 Å². The average molecular weight is 304 g/mol. The zero-order valence-corrected chi connectivity index (χ0v) is 12.5. The lowest BCUT2D eigenvalue weighted by molar-refractivity contribution is -0.119. The lowest BCUT2D eigenvalue weighted by Gasteiger charge is -2.25. The van der Waals surface area contributed by atoms with Crippen molar-refractivity contribution in [3.8, 4) is 0 Å². The van der Waals surface area contributed by atoms with Crippen LogP contribution in [0.2, 0.25) is 0 Å². The van der Waals surface area contributed by atoms with Crippen LogP contribution in [0.5, 0.6) is 0 Å². The quantitative estimate of drug-likeness (QED) is 0.774. The first-order valence-corrected chi connectivity index (χ1v) is 7.13. The van der Waals surface area contributed by atoms with E-state index in [-0.39, 0.29) is 19.2 Å². The molecule has 0 saturated heterocycles. The van der Waals surface area contributed by atoms with E-state index in [2.05, 4.69) is 12.2 Å². The van der Waals surface area contributed by atoms with Crippen molar-refractivity contribution in [2.45, 2.75) is 32.5 Å². The van der Waals surface area contributed by atoms with E-state index in [1.165, 1.54) is 0 Å². The maximum atomic E-state index is 12.5. The molecular formula is C15H23F3N2O. The van der Waals surface area contributed by atoms with Crippen LogP contribution >= 0.6 is 0 Å². The molecule has 0 bridgehead atoms. The van der Waals surface area contributed by atoms with Crippen LogP contribution in [0.1, 0.15) is 31.9 Å². The van der Waals surface area contributed by atoms with Crippen molar-refractivity contribution >= 4 is 5.69 Å². The Kier molecular flexibility index (Phi) is 6.98. The molecule has 0 heterocycles. The summed E-state index contributed by atoms with van der Waals surface area (Å²) in [6.07, 6.45) is -3.26. The van der Waals surface area contributed by atoms with Crippen molar-refractivity contribution in [3.63, 3.8) is 0 Å². The van der Waals surface area contributed by atoms with Gasteiger partial charge in [-0.05, 0) is 37.6 Å². The molecule has 0 radical (unpaired) electrons. The van der Waals surface area contributed by atoms with Crippen molar-refractivity contribution in [1.29, 1.82) is 0 Å². The first-order chi connectivity index (χ1) is 9.87. The smallest absolute Gasteiger partial charge is 0.395 e. The molecule has 2 N–H and O–H groups in total. The summed E-state index contributed by atoms with van der Waals surface area (Å²) in [6.45, 7) is 3.58. The summed E-state index contributed by atoms with van der Waals surface area (Å²) >= 11 is 0. The normalized spacial score (nSPS) is 13.2. The Hall–Kier alpha value is -1.27. The Morgan fingerprint density at radius 3 is 2.33 bits per heavy atom. The molecule has 0 aliphatic carbocycles. The molecule has 0 aliphatic heterocycles. The summed E-state index contributed by atoms with van der Waals surface area (Å²) in [5.74, 6) is 0. The van der Waals surface area contributed by atoms with Gasteiger partial charge < -0.3 is 15.3 Å². The van der Waals surface area contributed by atoms with Gasteiger partial charge in [-0.25, -0.2) is 0 Å². The number of hydrogen-bond donors (Lipinski definition) is 2. The Labute approximate surface area is 123 Å². The van der Waals surface area contributed by atoms with E-state index in [9.17, 15) is 13.2 Å². The van der Waals surface area contributed by atoms with Crippen molar-refractivity contribution in [1.82, 2.24) is 5.32 Å². The van der Waals surface area contributed by atoms with E-state index in [4.69, 9.17) is 5.11 Å². The Morgan fingerprint density at radius 2 is 1.86 bits per heavy atom. The summed E-state index contributed by atoms with van der Waals surface area (Å²) in [6, 6.07) is 7.14. The highest BCUT2D eigenvalue weighted by Gasteiger charge is 2.30. The lowest BCUT2D eigenvalue weighted by Crippen LogP contribution is -2.36. The van der Waals surface area contributed by atoms with Crippen molar-refractivity contribution in [2.75, 3.05) is 31.1 Å². The van der Waals surface area contributed by atoms with Gasteiger partial charge in [0.2, 0.25) is 0 Å². The van der Waals surface area contributed by atoms with E-state index < -0.39 is 12.7 Å². The first kappa shape index (κ1) is 17.8. The molecule has 0 spiro atoms. The maximum absolute atomic E-state index is 12.5. The predicted octanol–water partition coefficient (Wildman–Crippen LogP) is 3.11. The number of nitrogens with one attached hydrogen (secondary N) is 1. The molecule has 1 aromatic carbocycles. The highest BCUT2D eigenvalue weighted by Crippen LogP contribution is 2.23. The number of aliphatic hydroxyl groups excluding tert-OH is 1. The monoisotopic (exact) mass is 304 g/mol. The fourth-order valence-electron chi connectivity index (χ4n) is 2.09. The minimum atomic E-state index is -4.29. The van der Waals surface area contributed by atoms with Crippen LogP contribution in [0, 0.1) is 0 Å². The van der Waals surface area contributed by atoms with Crippen LogP contribution in [-0.4, -0.2) is 37.5 Å². The Balaban J connectivity index is 2.77. The van der Waals surface area contributed by atoms with Gasteiger partial charge in [0, 0.05) is 18.3 Å². The fourth-order valence-corrected chi connectivity index (χ4v) is 2.09. The molecular weight excluding hydrogens is 281 g/mol. The molecule has 120 valence electrons. The van der Waals surface area contributed by atoms with E-state index >= 15 is 0 Å². The van der Waals surface area contributed by atoms with Gasteiger partial charge in [0.05, 0.1) is 6.61 Å². The molecule has 21 heavy (non-hydrogen) atoms. The third-order valence-corrected chi connectivity index (χ3v) is 3.20. The molecule has 1 rings (SSSR count). The number of halogens is 3. The standard InChI is InChI=1S/C15H23F3N2O/c1-3-8-19-12(2)13-4-6-14(7-5-13)20(9-10-21)11-15(16,17)18/h4-7,12,19,21H,3,8-11H2,1-2H3. The molecule has 0 aromatic heterocycles. The van der Waals surface area contributed by atoms with Crippen molar-refractivity contribution < 1.29 is 18.3 Å². The van der Waals surface area contributed by atoms with Gasteiger partial charge in [-0.3, -0.25) is 0 Å². The topological polar surface area (TPSA) is 35.5 Å². The molecule has 6 heteroatoms. The number of alkyl halides is 3. The number of benzene rings is 1. The summed E-state index contributed by atoms with van der Waals surface area (Å²) in [7, 11) is 0. The average Bonchev–Trinajstić information content (AvgIpc) is 2.43. The molecule has 1 atom stereocenters. The van der Waals surface area contributed by atoms with Crippen LogP contribution in [-0.2, 0) is 0 Å². The van der Waals surface area contributed by atoms with E-state index in [1.807, 2.05) is 19.1 Å². The fraction of sp³-hybridized carbons (Fsp3) is 0.600. The van der Waals surface area contributed by atoms with Gasteiger partial charge in [-0.15, -0.1) is 0 Å². The van der Waals surface area contributed by atoms with Gasteiger partial charge in [0.1, 0.15) is 6.54 Å². The van der Waals surface area contributed by atoms with Crippen LogP contribution in [0.25, 0.3) is 0 Å². The van der Waals surface area contributed by atoms with Gasteiger partial charge in [0.25, 0.3) is 0 Å². The van der Waals surface area contributed by atoms with Crippen LogP contribution in [0.15, 0.2) is 24.3 Å². The van der Waals surface area contributed by atoms with Gasteiger partial charge >= 0.3 is 6.18 Å². The third-order valence-electron chi connectivity index (χ3n) is 3.20. The van der Waals surface area contributed by atoms with E-state index in [0.717, 1.165) is 23.4 Å². The molecule has 1 unspecified atom stereocenters. The molecule has 0 aliphatic rings. The molecule has 0 fully saturated rings. The number of nitrogens with zero attached hydrogens (tertiary/aromatic N) is 1.